The highest BCUT2D eigenvalue weighted by Gasteiger charge is 2.20. The largest absolute Gasteiger partial charge is 0.481 e. The molecule has 1 aliphatic rings. The van der Waals surface area contributed by atoms with Crippen molar-refractivity contribution in [3.63, 3.8) is 0 Å². The predicted octanol–water partition coefficient (Wildman–Crippen LogP) is 1.28. The van der Waals surface area contributed by atoms with Gasteiger partial charge in [0, 0.05) is 12.6 Å². The van der Waals surface area contributed by atoms with E-state index >= 15 is 0 Å². The van der Waals surface area contributed by atoms with E-state index in [0.29, 0.717) is 0 Å². The maximum absolute atomic E-state index is 5.42. The Hall–Kier alpha value is -1.03. The van der Waals surface area contributed by atoms with Crippen molar-refractivity contribution < 1.29 is 4.74 Å². The maximum atomic E-state index is 5.42. The van der Waals surface area contributed by atoms with Gasteiger partial charge in [-0.25, -0.2) is 4.68 Å². The molecular weight excluding hydrogens is 202 g/mol. The molecule has 0 bridgehead atoms. The highest BCUT2D eigenvalue weighted by atomic mass is 16.5. The summed E-state index contributed by atoms with van der Waals surface area (Å²) in [5.41, 5.74) is 2.38. The van der Waals surface area contributed by atoms with Gasteiger partial charge in [-0.3, -0.25) is 0 Å². The molecule has 90 valence electrons. The topological polar surface area (TPSA) is 39.1 Å². The van der Waals surface area contributed by atoms with Crippen molar-refractivity contribution >= 4 is 0 Å². The fourth-order valence-electron chi connectivity index (χ4n) is 2.56. The second-order valence-corrected chi connectivity index (χ2v) is 4.61. The van der Waals surface area contributed by atoms with Crippen molar-refractivity contribution in [2.75, 3.05) is 20.2 Å². The van der Waals surface area contributed by atoms with E-state index in [-0.39, 0.29) is 0 Å². The fraction of sp³-hybridized carbons (Fsp3) is 0.750. The van der Waals surface area contributed by atoms with Gasteiger partial charge in [-0.1, -0.05) is 0 Å². The summed E-state index contributed by atoms with van der Waals surface area (Å²) in [5, 5.41) is 7.87. The zero-order chi connectivity index (χ0) is 11.5. The minimum Gasteiger partial charge on any atom is -0.481 e. The van der Waals surface area contributed by atoms with Crippen LogP contribution in [-0.2, 0) is 13.5 Å². The number of nitrogens with zero attached hydrogens (tertiary/aromatic N) is 2. The van der Waals surface area contributed by atoms with Crippen molar-refractivity contribution in [3.05, 3.63) is 11.3 Å². The maximum Gasteiger partial charge on any atom is 0.214 e. The van der Waals surface area contributed by atoms with E-state index in [1.54, 1.807) is 7.11 Å². The van der Waals surface area contributed by atoms with Crippen LogP contribution in [0.4, 0.5) is 0 Å². The molecule has 0 spiro atoms. The Morgan fingerprint density at radius 1 is 1.56 bits per heavy atom. The smallest absolute Gasteiger partial charge is 0.214 e. The lowest BCUT2D eigenvalue weighted by Crippen LogP contribution is -2.31. The normalized spacial score (nSPS) is 21.1. The van der Waals surface area contributed by atoms with Crippen LogP contribution < -0.4 is 10.1 Å². The number of aryl methyl sites for hydroxylation is 2. The summed E-state index contributed by atoms with van der Waals surface area (Å²) in [4.78, 5) is 0. The molecule has 1 fully saturated rings. The minimum absolute atomic E-state index is 0.727. The van der Waals surface area contributed by atoms with E-state index in [1.165, 1.54) is 24.9 Å². The van der Waals surface area contributed by atoms with Gasteiger partial charge in [0.1, 0.15) is 0 Å². The van der Waals surface area contributed by atoms with Crippen molar-refractivity contribution in [2.45, 2.75) is 26.2 Å². The molecule has 0 saturated carbocycles. The number of hydrogen-bond donors (Lipinski definition) is 1. The Morgan fingerprint density at radius 3 is 3.00 bits per heavy atom. The Kier molecular flexibility index (Phi) is 3.49. The van der Waals surface area contributed by atoms with Crippen LogP contribution in [0.15, 0.2) is 0 Å². The van der Waals surface area contributed by atoms with Crippen LogP contribution >= 0.6 is 0 Å². The molecule has 1 unspecified atom stereocenters. The van der Waals surface area contributed by atoms with E-state index in [2.05, 4.69) is 17.3 Å². The van der Waals surface area contributed by atoms with Gasteiger partial charge in [0.15, 0.2) is 0 Å². The first-order valence-corrected chi connectivity index (χ1v) is 5.99. The Balaban J connectivity index is 2.13. The number of piperidine rings is 1. The molecule has 1 saturated heterocycles. The third-order valence-electron chi connectivity index (χ3n) is 3.37. The van der Waals surface area contributed by atoms with Crippen LogP contribution in [0.2, 0.25) is 0 Å². The number of rotatable bonds is 3. The number of methoxy groups -OCH3 is 1. The minimum atomic E-state index is 0.727. The second-order valence-electron chi connectivity index (χ2n) is 4.61. The zero-order valence-electron chi connectivity index (χ0n) is 10.4. The zero-order valence-corrected chi connectivity index (χ0v) is 10.4. The molecule has 1 N–H and O–H groups in total. The molecule has 4 nitrogen and oxygen atoms in total. The molecule has 0 aromatic carbocycles. The van der Waals surface area contributed by atoms with Crippen molar-refractivity contribution in [1.82, 2.24) is 15.1 Å². The number of hydrogen-bond acceptors (Lipinski definition) is 3. The molecule has 0 aliphatic carbocycles. The summed E-state index contributed by atoms with van der Waals surface area (Å²) >= 11 is 0. The predicted molar refractivity (Wildman–Crippen MR) is 63.8 cm³/mol. The van der Waals surface area contributed by atoms with Gasteiger partial charge < -0.3 is 10.1 Å². The summed E-state index contributed by atoms with van der Waals surface area (Å²) in [7, 11) is 3.66. The van der Waals surface area contributed by atoms with E-state index in [1.807, 2.05) is 11.7 Å². The van der Waals surface area contributed by atoms with Gasteiger partial charge in [-0.05, 0) is 45.2 Å². The molecule has 0 radical (unpaired) electrons. The Morgan fingerprint density at radius 2 is 2.38 bits per heavy atom. The van der Waals surface area contributed by atoms with Gasteiger partial charge in [0.05, 0.1) is 12.8 Å². The highest BCUT2D eigenvalue weighted by molar-refractivity contribution is 5.31. The highest BCUT2D eigenvalue weighted by Crippen LogP contribution is 2.26. The summed E-state index contributed by atoms with van der Waals surface area (Å²) in [6, 6.07) is 0. The van der Waals surface area contributed by atoms with E-state index < -0.39 is 0 Å². The van der Waals surface area contributed by atoms with Crippen LogP contribution in [-0.4, -0.2) is 30.0 Å². The summed E-state index contributed by atoms with van der Waals surface area (Å²) < 4.78 is 7.25. The second kappa shape index (κ2) is 4.87. The van der Waals surface area contributed by atoms with Crippen LogP contribution in [0.5, 0.6) is 5.88 Å². The van der Waals surface area contributed by atoms with E-state index in [9.17, 15) is 0 Å². The molecule has 0 amide bonds. The van der Waals surface area contributed by atoms with Crippen molar-refractivity contribution in [3.8, 4) is 5.88 Å². The molecule has 1 atom stereocenters. The third-order valence-corrected chi connectivity index (χ3v) is 3.37. The van der Waals surface area contributed by atoms with Gasteiger partial charge >= 0.3 is 0 Å². The van der Waals surface area contributed by atoms with Crippen LogP contribution in [0.3, 0.4) is 0 Å². The molecule has 1 aliphatic heterocycles. The number of aromatic nitrogens is 2. The van der Waals surface area contributed by atoms with Gasteiger partial charge in [0.25, 0.3) is 0 Å². The van der Waals surface area contributed by atoms with Gasteiger partial charge in [-0.15, -0.1) is 0 Å². The lowest BCUT2D eigenvalue weighted by Gasteiger charge is -2.22. The molecule has 4 heteroatoms. The lowest BCUT2D eigenvalue weighted by atomic mass is 9.92. The average Bonchev–Trinajstić information content (AvgIpc) is 2.55. The standard InChI is InChI=1S/C12H21N3O/c1-9-11(12(16-3)15(2)14-9)7-10-5-4-6-13-8-10/h10,13H,4-8H2,1-3H3. The fourth-order valence-corrected chi connectivity index (χ4v) is 2.56. The van der Waals surface area contributed by atoms with Crippen molar-refractivity contribution in [1.29, 1.82) is 0 Å². The number of nitrogens with one attached hydrogen (secondary N) is 1. The summed E-state index contributed by atoms with van der Waals surface area (Å²) in [6.07, 6.45) is 3.67. The monoisotopic (exact) mass is 223 g/mol. The van der Waals surface area contributed by atoms with Crippen LogP contribution in [0, 0.1) is 12.8 Å². The van der Waals surface area contributed by atoms with E-state index in [4.69, 9.17) is 4.74 Å². The third kappa shape index (κ3) is 2.21. The first-order valence-electron chi connectivity index (χ1n) is 5.99. The van der Waals surface area contributed by atoms with Crippen LogP contribution in [0.1, 0.15) is 24.1 Å². The van der Waals surface area contributed by atoms with Gasteiger partial charge in [0.2, 0.25) is 5.88 Å². The number of ether oxygens (including phenoxy) is 1. The average molecular weight is 223 g/mol. The first-order chi connectivity index (χ1) is 7.72. The molecule has 1 aromatic rings. The Bertz CT molecular complexity index is 353. The summed E-state index contributed by atoms with van der Waals surface area (Å²) in [6.45, 7) is 4.35. The van der Waals surface area contributed by atoms with E-state index in [0.717, 1.165) is 30.5 Å². The lowest BCUT2D eigenvalue weighted by molar-refractivity contribution is 0.350. The molecule has 2 rings (SSSR count). The van der Waals surface area contributed by atoms with Crippen LogP contribution in [0.25, 0.3) is 0 Å². The van der Waals surface area contributed by atoms with Crippen molar-refractivity contribution in [2.24, 2.45) is 13.0 Å². The molecular formula is C12H21N3O. The van der Waals surface area contributed by atoms with Gasteiger partial charge in [-0.2, -0.15) is 5.10 Å². The molecule has 1 aromatic heterocycles. The SMILES string of the molecule is COc1c(CC2CCCNC2)c(C)nn1C. The molecule has 16 heavy (non-hydrogen) atoms. The molecule has 2 heterocycles. The Labute approximate surface area is 97.0 Å². The quantitative estimate of drug-likeness (QED) is 0.839. The first kappa shape index (κ1) is 11.5. The summed E-state index contributed by atoms with van der Waals surface area (Å²) in [5.74, 6) is 1.65.